The highest BCUT2D eigenvalue weighted by molar-refractivity contribution is 5.84. The second-order valence-electron chi connectivity index (χ2n) is 7.70. The number of ether oxygens (including phenoxy) is 2. The number of nitrogens with one attached hydrogen (secondary N) is 1. The largest absolute Gasteiger partial charge is 0.492 e. The highest BCUT2D eigenvalue weighted by Crippen LogP contribution is 2.32. The molecule has 0 radical (unpaired) electrons. The smallest absolute Gasteiger partial charge is 0.258 e. The molecule has 1 aliphatic carbocycles. The Morgan fingerprint density at radius 2 is 1.87 bits per heavy atom. The summed E-state index contributed by atoms with van der Waals surface area (Å²) in [5, 5.41) is 3.81. The Morgan fingerprint density at radius 3 is 2.63 bits per heavy atom. The van der Waals surface area contributed by atoms with E-state index in [1.807, 2.05) is 60.0 Å². The molecule has 1 aromatic heterocycles. The summed E-state index contributed by atoms with van der Waals surface area (Å²) in [4.78, 5) is 24.6. The maximum absolute atomic E-state index is 12.5. The van der Waals surface area contributed by atoms with Crippen LogP contribution in [0, 0.1) is 12.8 Å². The van der Waals surface area contributed by atoms with E-state index in [2.05, 4.69) is 5.32 Å². The maximum Gasteiger partial charge on any atom is 0.258 e. The lowest BCUT2D eigenvalue weighted by Gasteiger charge is -2.14. The van der Waals surface area contributed by atoms with Gasteiger partial charge in [0.25, 0.3) is 11.5 Å². The number of carbonyl (C=O) groups is 1. The fourth-order valence-corrected chi connectivity index (χ4v) is 3.44. The molecular weight excluding hydrogens is 380 g/mol. The normalized spacial score (nSPS) is 13.2. The average molecular weight is 406 g/mol. The van der Waals surface area contributed by atoms with Crippen molar-refractivity contribution in [2.24, 2.45) is 5.92 Å². The third kappa shape index (κ3) is 5.00. The Kier molecular flexibility index (Phi) is 6.02. The molecule has 2 aromatic carbocycles. The molecule has 1 saturated carbocycles. The van der Waals surface area contributed by atoms with Gasteiger partial charge in [0.1, 0.15) is 18.1 Å². The number of carbonyl (C=O) groups excluding carboxylic acids is 1. The van der Waals surface area contributed by atoms with Gasteiger partial charge >= 0.3 is 0 Å². The van der Waals surface area contributed by atoms with Gasteiger partial charge in [0.05, 0.1) is 12.1 Å². The van der Waals surface area contributed by atoms with Gasteiger partial charge in [-0.1, -0.05) is 18.2 Å². The first-order valence-electron chi connectivity index (χ1n) is 10.3. The summed E-state index contributed by atoms with van der Waals surface area (Å²) in [6, 6.07) is 16.8. The standard InChI is InChI=1S/C24H26N2O4/c1-17-13-24(28)26(15-18-7-8-18)22-14-20(9-10-21(17)22)30-16-23(27)25-11-12-29-19-5-3-2-4-6-19/h2-6,9-10,13-14,18H,7-8,11-12,15-16H2,1H3,(H,25,27). The second kappa shape index (κ2) is 9.03. The minimum absolute atomic E-state index is 0.0141. The number of para-hydroxylation sites is 1. The number of aryl methyl sites for hydroxylation is 1. The molecule has 0 unspecified atom stereocenters. The number of rotatable bonds is 9. The summed E-state index contributed by atoms with van der Waals surface area (Å²) < 4.78 is 13.1. The molecule has 1 N–H and O–H groups in total. The number of hydrogen-bond acceptors (Lipinski definition) is 4. The second-order valence-corrected chi connectivity index (χ2v) is 7.70. The van der Waals surface area contributed by atoms with Crippen LogP contribution in [0.5, 0.6) is 11.5 Å². The molecule has 30 heavy (non-hydrogen) atoms. The van der Waals surface area contributed by atoms with Gasteiger partial charge in [-0.15, -0.1) is 0 Å². The zero-order chi connectivity index (χ0) is 20.9. The Balaban J connectivity index is 1.34. The average Bonchev–Trinajstić information content (AvgIpc) is 3.57. The monoisotopic (exact) mass is 406 g/mol. The summed E-state index contributed by atoms with van der Waals surface area (Å²) in [5.41, 5.74) is 1.83. The van der Waals surface area contributed by atoms with Crippen LogP contribution in [0.25, 0.3) is 10.9 Å². The van der Waals surface area contributed by atoms with E-state index in [1.54, 1.807) is 6.07 Å². The predicted octanol–water partition coefficient (Wildman–Crippen LogP) is 3.29. The van der Waals surface area contributed by atoms with Gasteiger partial charge in [-0.3, -0.25) is 9.59 Å². The van der Waals surface area contributed by atoms with Crippen molar-refractivity contribution in [3.8, 4) is 11.5 Å². The van der Waals surface area contributed by atoms with Crippen LogP contribution in [0.4, 0.5) is 0 Å². The Morgan fingerprint density at radius 1 is 1.07 bits per heavy atom. The van der Waals surface area contributed by atoms with Crippen molar-refractivity contribution in [1.82, 2.24) is 9.88 Å². The van der Waals surface area contributed by atoms with E-state index in [-0.39, 0.29) is 18.1 Å². The van der Waals surface area contributed by atoms with Crippen LogP contribution in [0.3, 0.4) is 0 Å². The first kappa shape index (κ1) is 20.0. The lowest BCUT2D eigenvalue weighted by molar-refractivity contribution is -0.123. The quantitative estimate of drug-likeness (QED) is 0.554. The molecule has 156 valence electrons. The zero-order valence-electron chi connectivity index (χ0n) is 17.1. The summed E-state index contributed by atoms with van der Waals surface area (Å²) in [5.74, 6) is 1.72. The summed E-state index contributed by atoms with van der Waals surface area (Å²) in [7, 11) is 0. The number of hydrogen-bond donors (Lipinski definition) is 1. The van der Waals surface area contributed by atoms with E-state index in [9.17, 15) is 9.59 Å². The van der Waals surface area contributed by atoms with Crippen LogP contribution in [0.15, 0.2) is 59.4 Å². The van der Waals surface area contributed by atoms with Gasteiger partial charge in [-0.25, -0.2) is 0 Å². The first-order valence-corrected chi connectivity index (χ1v) is 10.3. The van der Waals surface area contributed by atoms with E-state index < -0.39 is 0 Å². The molecule has 4 rings (SSSR count). The zero-order valence-corrected chi connectivity index (χ0v) is 17.1. The fraction of sp³-hybridized carbons (Fsp3) is 0.333. The SMILES string of the molecule is Cc1cc(=O)n(CC2CC2)c2cc(OCC(=O)NCCOc3ccccc3)ccc12. The lowest BCUT2D eigenvalue weighted by Crippen LogP contribution is -2.32. The van der Waals surface area contributed by atoms with Crippen molar-refractivity contribution < 1.29 is 14.3 Å². The first-order chi connectivity index (χ1) is 14.6. The van der Waals surface area contributed by atoms with Crippen LogP contribution in [-0.2, 0) is 11.3 Å². The molecule has 1 aliphatic rings. The van der Waals surface area contributed by atoms with Gasteiger partial charge in [0, 0.05) is 24.1 Å². The molecule has 0 saturated heterocycles. The van der Waals surface area contributed by atoms with Crippen LogP contribution in [0.1, 0.15) is 18.4 Å². The molecule has 1 amide bonds. The van der Waals surface area contributed by atoms with Gasteiger partial charge in [0.15, 0.2) is 6.61 Å². The van der Waals surface area contributed by atoms with Crippen molar-refractivity contribution in [3.63, 3.8) is 0 Å². The number of fused-ring (bicyclic) bond motifs is 1. The van der Waals surface area contributed by atoms with Crippen LogP contribution in [0.2, 0.25) is 0 Å². The van der Waals surface area contributed by atoms with Gasteiger partial charge in [-0.05, 0) is 55.5 Å². The molecular formula is C24H26N2O4. The van der Waals surface area contributed by atoms with E-state index in [1.165, 1.54) is 12.8 Å². The van der Waals surface area contributed by atoms with Crippen molar-refractivity contribution in [2.75, 3.05) is 19.8 Å². The van der Waals surface area contributed by atoms with Crippen molar-refractivity contribution in [1.29, 1.82) is 0 Å². The van der Waals surface area contributed by atoms with E-state index in [0.717, 1.165) is 28.8 Å². The molecule has 6 heteroatoms. The molecule has 6 nitrogen and oxygen atoms in total. The van der Waals surface area contributed by atoms with E-state index in [4.69, 9.17) is 9.47 Å². The summed E-state index contributed by atoms with van der Waals surface area (Å²) in [6.07, 6.45) is 2.35. The van der Waals surface area contributed by atoms with Crippen LogP contribution < -0.4 is 20.3 Å². The highest BCUT2D eigenvalue weighted by Gasteiger charge is 2.23. The van der Waals surface area contributed by atoms with Gasteiger partial charge in [-0.2, -0.15) is 0 Å². The third-order valence-corrected chi connectivity index (χ3v) is 5.23. The van der Waals surface area contributed by atoms with Gasteiger partial charge in [0.2, 0.25) is 0 Å². The fourth-order valence-electron chi connectivity index (χ4n) is 3.44. The number of amides is 1. The number of benzene rings is 2. The molecule has 0 aliphatic heterocycles. The molecule has 3 aromatic rings. The van der Waals surface area contributed by atoms with E-state index in [0.29, 0.717) is 24.8 Å². The topological polar surface area (TPSA) is 69.6 Å². The van der Waals surface area contributed by atoms with Crippen LogP contribution in [-0.4, -0.2) is 30.2 Å². The molecule has 1 heterocycles. The number of pyridine rings is 1. The highest BCUT2D eigenvalue weighted by atomic mass is 16.5. The third-order valence-electron chi connectivity index (χ3n) is 5.23. The Hall–Kier alpha value is -3.28. The number of aromatic nitrogens is 1. The predicted molar refractivity (Wildman–Crippen MR) is 116 cm³/mol. The number of nitrogens with zero attached hydrogens (tertiary/aromatic N) is 1. The molecule has 0 bridgehead atoms. The summed E-state index contributed by atoms with van der Waals surface area (Å²) in [6.45, 7) is 3.38. The summed E-state index contributed by atoms with van der Waals surface area (Å²) >= 11 is 0. The minimum Gasteiger partial charge on any atom is -0.492 e. The maximum atomic E-state index is 12.5. The lowest BCUT2D eigenvalue weighted by atomic mass is 10.1. The molecule has 1 fully saturated rings. The molecule has 0 atom stereocenters. The molecule has 0 spiro atoms. The van der Waals surface area contributed by atoms with Crippen molar-refractivity contribution >= 4 is 16.8 Å². The van der Waals surface area contributed by atoms with Crippen molar-refractivity contribution in [3.05, 3.63) is 70.5 Å². The van der Waals surface area contributed by atoms with Crippen molar-refractivity contribution in [2.45, 2.75) is 26.3 Å². The Bertz CT molecular complexity index is 1090. The van der Waals surface area contributed by atoms with Gasteiger partial charge < -0.3 is 19.4 Å². The Labute approximate surface area is 175 Å². The van der Waals surface area contributed by atoms with Crippen LogP contribution >= 0.6 is 0 Å². The van der Waals surface area contributed by atoms with E-state index >= 15 is 0 Å². The minimum atomic E-state index is -0.216.